The van der Waals surface area contributed by atoms with Crippen molar-refractivity contribution in [3.8, 4) is 17.2 Å². The van der Waals surface area contributed by atoms with E-state index in [1.54, 1.807) is 26.4 Å². The maximum absolute atomic E-state index is 11.5. The van der Waals surface area contributed by atoms with Crippen molar-refractivity contribution >= 4 is 27.3 Å². The van der Waals surface area contributed by atoms with Gasteiger partial charge in [0.05, 0.1) is 31.9 Å². The van der Waals surface area contributed by atoms with Crippen LogP contribution in [-0.2, 0) is 21.2 Å². The molecule has 0 bridgehead atoms. The third kappa shape index (κ3) is 8.27. The maximum atomic E-state index is 11.5. The summed E-state index contributed by atoms with van der Waals surface area (Å²) in [5.74, 6) is 1.59. The summed E-state index contributed by atoms with van der Waals surface area (Å²) in [6.45, 7) is 3.25. The third-order valence-electron chi connectivity index (χ3n) is 4.55. The molecule has 0 atom stereocenters. The first-order valence-corrected chi connectivity index (χ1v) is 11.9. The van der Waals surface area contributed by atoms with Crippen molar-refractivity contribution in [1.29, 1.82) is 0 Å². The summed E-state index contributed by atoms with van der Waals surface area (Å²) in [7, 11) is 1.80. The number of sulfonamides is 1. The molecule has 176 valence electrons. The van der Waals surface area contributed by atoms with E-state index < -0.39 is 10.0 Å². The first-order chi connectivity index (χ1) is 15.1. The quantitative estimate of drug-likeness (QED) is 0.496. The number of benzene rings is 2. The molecule has 0 saturated heterocycles. The Morgan fingerprint density at radius 3 is 2.31 bits per heavy atom. The predicted molar refractivity (Wildman–Crippen MR) is 125 cm³/mol. The van der Waals surface area contributed by atoms with E-state index in [2.05, 4.69) is 14.9 Å². The fourth-order valence-electron chi connectivity index (χ4n) is 3.00. The van der Waals surface area contributed by atoms with Crippen molar-refractivity contribution in [1.82, 2.24) is 4.90 Å². The van der Waals surface area contributed by atoms with E-state index in [0.717, 1.165) is 24.8 Å². The topological polar surface area (TPSA) is 106 Å². The van der Waals surface area contributed by atoms with E-state index in [-0.39, 0.29) is 5.91 Å². The lowest BCUT2D eigenvalue weighted by molar-refractivity contribution is -0.114. The molecule has 0 radical (unpaired) electrons. The van der Waals surface area contributed by atoms with Gasteiger partial charge in [-0.05, 0) is 49.4 Å². The highest BCUT2D eigenvalue weighted by molar-refractivity contribution is 7.92. The molecule has 9 nitrogen and oxygen atoms in total. The normalized spacial score (nSPS) is 11.2. The van der Waals surface area contributed by atoms with E-state index in [0.29, 0.717) is 41.8 Å². The number of anilines is 2. The van der Waals surface area contributed by atoms with Crippen molar-refractivity contribution < 1.29 is 27.4 Å². The number of hydrogen-bond acceptors (Lipinski definition) is 7. The summed E-state index contributed by atoms with van der Waals surface area (Å²) in [6, 6.07) is 10.6. The molecule has 0 aromatic heterocycles. The highest BCUT2D eigenvalue weighted by Gasteiger charge is 2.11. The molecule has 0 aliphatic rings. The number of nitrogens with one attached hydrogen (secondary N) is 2. The van der Waals surface area contributed by atoms with Gasteiger partial charge in [0.2, 0.25) is 15.9 Å². The zero-order chi connectivity index (χ0) is 23.7. The molecule has 0 fully saturated rings. The first kappa shape index (κ1) is 25.3. The molecule has 0 spiro atoms. The molecule has 1 amide bonds. The molecular weight excluding hydrogens is 434 g/mol. The van der Waals surface area contributed by atoms with Crippen molar-refractivity contribution in [2.45, 2.75) is 13.3 Å². The monoisotopic (exact) mass is 465 g/mol. The summed E-state index contributed by atoms with van der Waals surface area (Å²) >= 11 is 0. The van der Waals surface area contributed by atoms with Gasteiger partial charge in [-0.25, -0.2) is 8.42 Å². The summed E-state index contributed by atoms with van der Waals surface area (Å²) in [4.78, 5) is 13.7. The van der Waals surface area contributed by atoms with Gasteiger partial charge in [0.15, 0.2) is 11.5 Å². The zero-order valence-electron chi connectivity index (χ0n) is 19.1. The lowest BCUT2D eigenvalue weighted by Gasteiger charge is -2.19. The standard InChI is InChI=1S/C22H31N3O6S/c1-16(26)23-19-15-18(24-32(5,27)28)7-9-20(19)31-13-12-25(2)11-10-17-6-8-21(29-3)22(14-17)30-4/h6-9,14-15,24H,10-13H2,1-5H3,(H,23,26). The third-order valence-corrected chi connectivity index (χ3v) is 5.16. The molecular formula is C22H31N3O6S. The number of carbonyl (C=O) groups is 1. The zero-order valence-corrected chi connectivity index (χ0v) is 19.9. The van der Waals surface area contributed by atoms with Gasteiger partial charge in [0.1, 0.15) is 12.4 Å². The number of ether oxygens (including phenoxy) is 3. The van der Waals surface area contributed by atoms with E-state index >= 15 is 0 Å². The van der Waals surface area contributed by atoms with Crippen LogP contribution in [0.4, 0.5) is 11.4 Å². The van der Waals surface area contributed by atoms with E-state index in [1.807, 2.05) is 25.2 Å². The summed E-state index contributed by atoms with van der Waals surface area (Å²) in [5, 5.41) is 2.67. The van der Waals surface area contributed by atoms with Crippen LogP contribution in [0.2, 0.25) is 0 Å². The van der Waals surface area contributed by atoms with Crippen LogP contribution in [0.5, 0.6) is 17.2 Å². The Bertz CT molecular complexity index is 1030. The minimum absolute atomic E-state index is 0.279. The number of nitrogens with zero attached hydrogens (tertiary/aromatic N) is 1. The number of rotatable bonds is 12. The largest absolute Gasteiger partial charge is 0.493 e. The molecule has 0 saturated carbocycles. The SMILES string of the molecule is COc1ccc(CCN(C)CCOc2ccc(NS(C)(=O)=O)cc2NC(C)=O)cc1OC. The van der Waals surface area contributed by atoms with Gasteiger partial charge in [-0.15, -0.1) is 0 Å². The Morgan fingerprint density at radius 2 is 1.69 bits per heavy atom. The lowest BCUT2D eigenvalue weighted by Crippen LogP contribution is -2.26. The van der Waals surface area contributed by atoms with Crippen LogP contribution in [0, 0.1) is 0 Å². The van der Waals surface area contributed by atoms with E-state index in [1.165, 1.54) is 13.0 Å². The van der Waals surface area contributed by atoms with Crippen LogP contribution < -0.4 is 24.2 Å². The molecule has 0 heterocycles. The second kappa shape index (κ2) is 11.6. The van der Waals surface area contributed by atoms with E-state index in [9.17, 15) is 13.2 Å². The van der Waals surface area contributed by atoms with Crippen LogP contribution in [0.1, 0.15) is 12.5 Å². The summed E-state index contributed by atoms with van der Waals surface area (Å²) in [5.41, 5.74) is 1.88. The maximum Gasteiger partial charge on any atom is 0.229 e. The van der Waals surface area contributed by atoms with Crippen molar-refractivity contribution in [3.63, 3.8) is 0 Å². The van der Waals surface area contributed by atoms with Crippen molar-refractivity contribution in [2.24, 2.45) is 0 Å². The number of carbonyl (C=O) groups excluding carboxylic acids is 1. The molecule has 2 rings (SSSR count). The van der Waals surface area contributed by atoms with Gasteiger partial charge in [0.25, 0.3) is 0 Å². The number of amides is 1. The van der Waals surface area contributed by atoms with Crippen LogP contribution in [0.25, 0.3) is 0 Å². The Hall–Kier alpha value is -2.98. The van der Waals surface area contributed by atoms with Crippen molar-refractivity contribution in [2.75, 3.05) is 57.3 Å². The molecule has 0 aliphatic carbocycles. The predicted octanol–water partition coefficient (Wildman–Crippen LogP) is 2.59. The smallest absolute Gasteiger partial charge is 0.229 e. The minimum Gasteiger partial charge on any atom is -0.493 e. The van der Waals surface area contributed by atoms with Crippen molar-refractivity contribution in [3.05, 3.63) is 42.0 Å². The number of hydrogen-bond donors (Lipinski definition) is 2. The molecule has 32 heavy (non-hydrogen) atoms. The average molecular weight is 466 g/mol. The second-order valence-electron chi connectivity index (χ2n) is 7.36. The molecule has 2 aromatic rings. The van der Waals surface area contributed by atoms with Crippen LogP contribution in [0.3, 0.4) is 0 Å². The highest BCUT2D eigenvalue weighted by Crippen LogP contribution is 2.29. The molecule has 2 aromatic carbocycles. The molecule has 10 heteroatoms. The molecule has 0 unspecified atom stereocenters. The van der Waals surface area contributed by atoms with Crippen LogP contribution in [-0.4, -0.2) is 66.4 Å². The van der Waals surface area contributed by atoms with Gasteiger partial charge < -0.3 is 24.4 Å². The Labute approximate surface area is 189 Å². The Balaban J connectivity index is 1.92. The summed E-state index contributed by atoms with van der Waals surface area (Å²) < 4.78 is 41.7. The number of methoxy groups -OCH3 is 2. The average Bonchev–Trinajstić information content (AvgIpc) is 2.72. The first-order valence-electron chi connectivity index (χ1n) is 10.0. The number of likely N-dealkylation sites (N-methyl/N-ethyl adjacent to an activating group) is 1. The minimum atomic E-state index is -3.43. The molecule has 0 aliphatic heterocycles. The molecule has 2 N–H and O–H groups in total. The van der Waals surface area contributed by atoms with Gasteiger partial charge in [-0.3, -0.25) is 9.52 Å². The lowest BCUT2D eigenvalue weighted by atomic mass is 10.1. The highest BCUT2D eigenvalue weighted by atomic mass is 32.2. The van der Waals surface area contributed by atoms with Crippen LogP contribution >= 0.6 is 0 Å². The van der Waals surface area contributed by atoms with Gasteiger partial charge in [-0.2, -0.15) is 0 Å². The second-order valence-corrected chi connectivity index (χ2v) is 9.11. The fraction of sp³-hybridized carbons (Fsp3) is 0.409. The summed E-state index contributed by atoms with van der Waals surface area (Å²) in [6.07, 6.45) is 1.90. The van der Waals surface area contributed by atoms with Gasteiger partial charge in [-0.1, -0.05) is 6.07 Å². The van der Waals surface area contributed by atoms with Crippen LogP contribution in [0.15, 0.2) is 36.4 Å². The van der Waals surface area contributed by atoms with Gasteiger partial charge in [0, 0.05) is 20.0 Å². The fourth-order valence-corrected chi connectivity index (χ4v) is 3.56. The van der Waals surface area contributed by atoms with Gasteiger partial charge >= 0.3 is 0 Å². The Morgan fingerprint density at radius 1 is 1.00 bits per heavy atom. The Kier molecular flexibility index (Phi) is 9.15. The van der Waals surface area contributed by atoms with E-state index in [4.69, 9.17) is 14.2 Å².